The summed E-state index contributed by atoms with van der Waals surface area (Å²) in [5, 5.41) is 0. The van der Waals surface area contributed by atoms with Crippen LogP contribution in [0.4, 0.5) is 5.69 Å². The first-order valence-electron chi connectivity index (χ1n) is 3.68. The molecule has 0 spiro atoms. The molecule has 0 fully saturated rings. The smallest absolute Gasteiger partial charge is 0.130 e. The lowest BCUT2D eigenvalue weighted by Gasteiger charge is -1.98. The number of hydrogen-bond acceptors (Lipinski definition) is 3. The van der Waals surface area contributed by atoms with Crippen LogP contribution in [0.25, 0.3) is 0 Å². The Balaban J connectivity index is 2.84. The first-order chi connectivity index (χ1) is 6.26. The minimum Gasteiger partial charge on any atom is -0.235 e. The van der Waals surface area contributed by atoms with Crippen LogP contribution in [0.15, 0.2) is 33.7 Å². The van der Waals surface area contributed by atoms with Crippen LogP contribution >= 0.6 is 39.5 Å². The first kappa shape index (κ1) is 11.1. The molecule has 1 rings (SSSR count). The summed E-state index contributed by atoms with van der Waals surface area (Å²) in [5.74, 6) is 0. The maximum Gasteiger partial charge on any atom is 0.130 e. The Hall–Kier alpha value is 0.0700. The average Bonchev–Trinajstić information content (AvgIpc) is 2.17. The van der Waals surface area contributed by atoms with Crippen molar-refractivity contribution in [1.29, 1.82) is 0 Å². The highest BCUT2D eigenvalue weighted by Gasteiger charge is 1.94. The van der Waals surface area contributed by atoms with E-state index in [1.165, 1.54) is 0 Å². The maximum atomic E-state index is 4.46. The van der Waals surface area contributed by atoms with Crippen molar-refractivity contribution in [2.75, 3.05) is 12.5 Å². The lowest BCUT2D eigenvalue weighted by molar-refractivity contribution is 1.53. The van der Waals surface area contributed by atoms with E-state index in [0.29, 0.717) is 0 Å². The molecule has 0 saturated carbocycles. The summed E-state index contributed by atoms with van der Waals surface area (Å²) in [6.07, 6.45) is 4.07. The zero-order valence-corrected chi connectivity index (χ0v) is 10.7. The van der Waals surface area contributed by atoms with Gasteiger partial charge in [-0.25, -0.2) is 4.99 Å². The van der Waals surface area contributed by atoms with E-state index in [2.05, 4.69) is 20.9 Å². The fourth-order valence-electron chi connectivity index (χ4n) is 0.796. The molecule has 0 amide bonds. The molecule has 0 bridgehead atoms. The van der Waals surface area contributed by atoms with Crippen molar-refractivity contribution >= 4 is 49.5 Å². The zero-order valence-electron chi connectivity index (χ0n) is 7.45. The van der Waals surface area contributed by atoms with Crippen LogP contribution in [0.2, 0.25) is 0 Å². The summed E-state index contributed by atoms with van der Waals surface area (Å²) in [4.78, 5) is 4.46. The summed E-state index contributed by atoms with van der Waals surface area (Å²) in [7, 11) is 0. The number of thioether (sulfide) groups is 2. The quantitative estimate of drug-likeness (QED) is 0.564. The Morgan fingerprint density at radius 2 is 1.69 bits per heavy atom. The Morgan fingerprint density at radius 3 is 2.15 bits per heavy atom. The zero-order chi connectivity index (χ0) is 9.68. The highest BCUT2D eigenvalue weighted by atomic mass is 79.9. The molecule has 4 heteroatoms. The van der Waals surface area contributed by atoms with Crippen molar-refractivity contribution in [3.63, 3.8) is 0 Å². The Bertz CT molecular complexity index is 289. The van der Waals surface area contributed by atoms with Gasteiger partial charge in [0.05, 0.1) is 5.69 Å². The molecule has 70 valence electrons. The van der Waals surface area contributed by atoms with E-state index in [9.17, 15) is 0 Å². The van der Waals surface area contributed by atoms with Gasteiger partial charge in [-0.05, 0) is 36.8 Å². The predicted octanol–water partition coefficient (Wildman–Crippen LogP) is 4.16. The number of rotatable bonds is 1. The van der Waals surface area contributed by atoms with Crippen molar-refractivity contribution < 1.29 is 0 Å². The van der Waals surface area contributed by atoms with E-state index in [4.69, 9.17) is 0 Å². The van der Waals surface area contributed by atoms with Crippen molar-refractivity contribution in [2.45, 2.75) is 0 Å². The summed E-state index contributed by atoms with van der Waals surface area (Å²) in [6, 6.07) is 7.99. The van der Waals surface area contributed by atoms with Gasteiger partial charge in [0.2, 0.25) is 0 Å². The highest BCUT2D eigenvalue weighted by Crippen LogP contribution is 2.21. The molecule has 0 heterocycles. The second-order valence-electron chi connectivity index (χ2n) is 2.26. The molecule has 1 aromatic rings. The van der Waals surface area contributed by atoms with Crippen molar-refractivity contribution in [2.24, 2.45) is 4.99 Å². The predicted molar refractivity (Wildman–Crippen MR) is 68.3 cm³/mol. The maximum absolute atomic E-state index is 4.46. The van der Waals surface area contributed by atoms with Crippen LogP contribution in [0.1, 0.15) is 0 Å². The Labute approximate surface area is 95.5 Å². The van der Waals surface area contributed by atoms with Crippen LogP contribution < -0.4 is 0 Å². The number of aliphatic imine (C=N–C) groups is 1. The van der Waals surface area contributed by atoms with E-state index in [1.54, 1.807) is 23.5 Å². The standard InChI is InChI=1S/C9H10BrNS2/c1-12-9(13-2)11-8-5-3-7(10)4-6-8/h3-6H,1-2H3. The van der Waals surface area contributed by atoms with Gasteiger partial charge < -0.3 is 0 Å². The average molecular weight is 276 g/mol. The largest absolute Gasteiger partial charge is 0.235 e. The minimum atomic E-state index is 1.00. The third-order valence-electron chi connectivity index (χ3n) is 1.40. The summed E-state index contributed by atoms with van der Waals surface area (Å²) >= 11 is 6.73. The van der Waals surface area contributed by atoms with Gasteiger partial charge >= 0.3 is 0 Å². The lowest BCUT2D eigenvalue weighted by atomic mass is 10.3. The van der Waals surface area contributed by atoms with Gasteiger partial charge in [-0.15, -0.1) is 23.5 Å². The molecular formula is C9H10BrNS2. The molecular weight excluding hydrogens is 266 g/mol. The van der Waals surface area contributed by atoms with Crippen LogP contribution in [0.5, 0.6) is 0 Å². The molecule has 0 aliphatic rings. The fourth-order valence-corrected chi connectivity index (χ4v) is 2.12. The van der Waals surface area contributed by atoms with Crippen LogP contribution in [-0.2, 0) is 0 Å². The number of halogens is 1. The molecule has 0 radical (unpaired) electrons. The van der Waals surface area contributed by atoms with Gasteiger partial charge in [0.1, 0.15) is 4.38 Å². The Kier molecular flexibility index (Phi) is 4.91. The second kappa shape index (κ2) is 5.73. The van der Waals surface area contributed by atoms with Gasteiger partial charge in [-0.1, -0.05) is 15.9 Å². The molecule has 13 heavy (non-hydrogen) atoms. The monoisotopic (exact) mass is 275 g/mol. The number of nitrogens with zero attached hydrogens (tertiary/aromatic N) is 1. The van der Waals surface area contributed by atoms with Gasteiger partial charge in [0.25, 0.3) is 0 Å². The van der Waals surface area contributed by atoms with Gasteiger partial charge in [-0.3, -0.25) is 0 Å². The van der Waals surface area contributed by atoms with Crippen LogP contribution in [0.3, 0.4) is 0 Å². The molecule has 0 aliphatic heterocycles. The van der Waals surface area contributed by atoms with Crippen LogP contribution in [-0.4, -0.2) is 16.9 Å². The molecule has 1 nitrogen and oxygen atoms in total. The van der Waals surface area contributed by atoms with E-state index in [0.717, 1.165) is 14.5 Å². The van der Waals surface area contributed by atoms with E-state index in [1.807, 2.05) is 36.8 Å². The van der Waals surface area contributed by atoms with Crippen molar-refractivity contribution in [1.82, 2.24) is 0 Å². The molecule has 0 N–H and O–H groups in total. The molecule has 0 saturated heterocycles. The minimum absolute atomic E-state index is 1.00. The molecule has 0 unspecified atom stereocenters. The highest BCUT2D eigenvalue weighted by molar-refractivity contribution is 9.10. The molecule has 0 aromatic heterocycles. The molecule has 1 aromatic carbocycles. The van der Waals surface area contributed by atoms with E-state index in [-0.39, 0.29) is 0 Å². The topological polar surface area (TPSA) is 12.4 Å². The van der Waals surface area contributed by atoms with Gasteiger partial charge in [-0.2, -0.15) is 0 Å². The lowest BCUT2D eigenvalue weighted by Crippen LogP contribution is -1.80. The summed E-state index contributed by atoms with van der Waals surface area (Å²) < 4.78 is 2.17. The van der Waals surface area contributed by atoms with Crippen LogP contribution in [0, 0.1) is 0 Å². The third kappa shape index (κ3) is 3.75. The second-order valence-corrected chi connectivity index (χ2v) is 5.03. The van der Waals surface area contributed by atoms with Gasteiger partial charge in [0.15, 0.2) is 0 Å². The first-order valence-corrected chi connectivity index (χ1v) is 6.92. The van der Waals surface area contributed by atoms with Gasteiger partial charge in [0, 0.05) is 4.47 Å². The SMILES string of the molecule is CSC(=Nc1ccc(Br)cc1)SC. The number of hydrogen-bond donors (Lipinski definition) is 0. The molecule has 0 atom stereocenters. The normalized spacial score (nSPS) is 9.77. The summed E-state index contributed by atoms with van der Waals surface area (Å²) in [6.45, 7) is 0. The van der Waals surface area contributed by atoms with E-state index >= 15 is 0 Å². The fraction of sp³-hybridized carbons (Fsp3) is 0.222. The summed E-state index contributed by atoms with van der Waals surface area (Å²) in [5.41, 5.74) is 1.00. The van der Waals surface area contributed by atoms with E-state index < -0.39 is 0 Å². The van der Waals surface area contributed by atoms with Crippen molar-refractivity contribution in [3.05, 3.63) is 28.7 Å². The number of benzene rings is 1. The molecule has 0 aliphatic carbocycles. The van der Waals surface area contributed by atoms with Crippen molar-refractivity contribution in [3.8, 4) is 0 Å². The Morgan fingerprint density at radius 1 is 1.15 bits per heavy atom. The third-order valence-corrected chi connectivity index (χ3v) is 3.81.